The summed E-state index contributed by atoms with van der Waals surface area (Å²) in [6.07, 6.45) is 1.40. The highest BCUT2D eigenvalue weighted by molar-refractivity contribution is 5.67. The number of benzene rings is 1. The summed E-state index contributed by atoms with van der Waals surface area (Å²) in [4.78, 5) is 14.5. The van der Waals surface area contributed by atoms with Gasteiger partial charge in [-0.1, -0.05) is 6.07 Å². The van der Waals surface area contributed by atoms with Crippen molar-refractivity contribution in [3.05, 3.63) is 45.8 Å². The highest BCUT2D eigenvalue weighted by atomic mass is 16.6. The molecule has 2 N–H and O–H groups in total. The van der Waals surface area contributed by atoms with Crippen LogP contribution in [0.1, 0.15) is 11.3 Å². The van der Waals surface area contributed by atoms with E-state index in [1.165, 1.54) is 12.3 Å². The summed E-state index contributed by atoms with van der Waals surface area (Å²) in [6, 6.07) is 4.79. The van der Waals surface area contributed by atoms with E-state index >= 15 is 0 Å². The molecule has 2 aromatic rings. The monoisotopic (exact) mass is 233 g/mol. The number of rotatable bonds is 3. The number of oxazole rings is 1. The third-order valence-electron chi connectivity index (χ3n) is 2.34. The largest absolute Gasteiger partial charge is 0.444 e. The minimum absolute atomic E-state index is 0.0268. The molecule has 6 heteroatoms. The van der Waals surface area contributed by atoms with Gasteiger partial charge in [0.05, 0.1) is 10.6 Å². The van der Waals surface area contributed by atoms with Gasteiger partial charge in [0.25, 0.3) is 5.69 Å². The van der Waals surface area contributed by atoms with Gasteiger partial charge in [-0.05, 0) is 18.6 Å². The molecule has 1 aromatic carbocycles. The Bertz CT molecular complexity index is 563. The van der Waals surface area contributed by atoms with Crippen LogP contribution < -0.4 is 5.73 Å². The second-order valence-electron chi connectivity index (χ2n) is 3.63. The van der Waals surface area contributed by atoms with Crippen LogP contribution in [0, 0.1) is 17.0 Å². The summed E-state index contributed by atoms with van der Waals surface area (Å²) in [7, 11) is 0. The maximum atomic E-state index is 10.9. The van der Waals surface area contributed by atoms with Gasteiger partial charge >= 0.3 is 0 Å². The van der Waals surface area contributed by atoms with E-state index in [9.17, 15) is 10.1 Å². The van der Waals surface area contributed by atoms with Crippen LogP contribution in [0.25, 0.3) is 11.5 Å². The summed E-state index contributed by atoms with van der Waals surface area (Å²) in [5.74, 6) is 0.223. The molecule has 0 saturated carbocycles. The van der Waals surface area contributed by atoms with E-state index in [4.69, 9.17) is 10.2 Å². The van der Waals surface area contributed by atoms with Crippen molar-refractivity contribution in [1.29, 1.82) is 0 Å². The van der Waals surface area contributed by atoms with Gasteiger partial charge in [-0.3, -0.25) is 10.1 Å². The van der Waals surface area contributed by atoms with Crippen LogP contribution in [0.5, 0.6) is 0 Å². The first-order chi connectivity index (χ1) is 8.11. The lowest BCUT2D eigenvalue weighted by molar-refractivity contribution is -0.384. The first-order valence-electron chi connectivity index (χ1n) is 5.01. The molecule has 17 heavy (non-hydrogen) atoms. The molecule has 0 aliphatic rings. The average Bonchev–Trinajstić information content (AvgIpc) is 2.76. The second kappa shape index (κ2) is 4.34. The summed E-state index contributed by atoms with van der Waals surface area (Å²) in [5.41, 5.74) is 7.22. The van der Waals surface area contributed by atoms with E-state index in [2.05, 4.69) is 4.98 Å². The van der Waals surface area contributed by atoms with Gasteiger partial charge in [-0.25, -0.2) is 4.98 Å². The zero-order chi connectivity index (χ0) is 12.4. The van der Waals surface area contributed by atoms with Gasteiger partial charge in [0.2, 0.25) is 5.89 Å². The highest BCUT2D eigenvalue weighted by Crippen LogP contribution is 2.29. The fraction of sp³-hybridized carbons (Fsp3) is 0.182. The summed E-state index contributed by atoms with van der Waals surface area (Å²) in [5, 5.41) is 10.9. The van der Waals surface area contributed by atoms with Gasteiger partial charge in [-0.2, -0.15) is 0 Å². The predicted molar refractivity (Wildman–Crippen MR) is 61.2 cm³/mol. The van der Waals surface area contributed by atoms with Gasteiger partial charge in [0.15, 0.2) is 0 Å². The van der Waals surface area contributed by atoms with Gasteiger partial charge in [0.1, 0.15) is 11.8 Å². The number of nitrogens with zero attached hydrogens (tertiary/aromatic N) is 2. The summed E-state index contributed by atoms with van der Waals surface area (Å²) in [6.45, 7) is 2.09. The average molecular weight is 233 g/mol. The number of nitro benzene ring substituents is 1. The molecule has 0 fully saturated rings. The lowest BCUT2D eigenvalue weighted by Gasteiger charge is -1.99. The molecular weight excluding hydrogens is 222 g/mol. The van der Waals surface area contributed by atoms with Gasteiger partial charge < -0.3 is 10.2 Å². The molecule has 0 amide bonds. The Hall–Kier alpha value is -2.21. The Morgan fingerprint density at radius 1 is 1.53 bits per heavy atom. The number of nitro groups is 1. The van der Waals surface area contributed by atoms with E-state index in [0.29, 0.717) is 11.3 Å². The van der Waals surface area contributed by atoms with E-state index in [0.717, 1.165) is 5.56 Å². The van der Waals surface area contributed by atoms with Crippen LogP contribution >= 0.6 is 0 Å². The summed E-state index contributed by atoms with van der Waals surface area (Å²) < 4.78 is 5.19. The van der Waals surface area contributed by atoms with Crippen molar-refractivity contribution in [2.75, 3.05) is 0 Å². The molecule has 6 nitrogen and oxygen atoms in total. The zero-order valence-electron chi connectivity index (χ0n) is 9.21. The first-order valence-corrected chi connectivity index (χ1v) is 5.01. The Kier molecular flexibility index (Phi) is 2.88. The van der Waals surface area contributed by atoms with Crippen LogP contribution in [0.2, 0.25) is 0 Å². The van der Waals surface area contributed by atoms with E-state index in [1.807, 2.05) is 6.92 Å². The highest BCUT2D eigenvalue weighted by Gasteiger charge is 2.19. The molecule has 0 bridgehead atoms. The molecule has 88 valence electrons. The SMILES string of the molecule is Cc1ccc([N+](=O)[O-])c(-c2nc(CN)co2)c1. The van der Waals surface area contributed by atoms with Crippen molar-refractivity contribution < 1.29 is 9.34 Å². The van der Waals surface area contributed by atoms with Crippen molar-refractivity contribution in [3.63, 3.8) is 0 Å². The number of aryl methyl sites for hydroxylation is 1. The number of nitrogens with two attached hydrogens (primary N) is 1. The van der Waals surface area contributed by atoms with E-state index in [1.54, 1.807) is 12.1 Å². The van der Waals surface area contributed by atoms with Crippen LogP contribution in [-0.4, -0.2) is 9.91 Å². The molecule has 0 spiro atoms. The number of hydrogen-bond acceptors (Lipinski definition) is 5. The molecule has 0 saturated heterocycles. The predicted octanol–water partition coefficient (Wildman–Crippen LogP) is 2.02. The quantitative estimate of drug-likeness (QED) is 0.646. The van der Waals surface area contributed by atoms with Crippen LogP contribution in [0.15, 0.2) is 28.9 Å². The molecule has 0 aliphatic carbocycles. The molecule has 0 radical (unpaired) electrons. The fourth-order valence-corrected chi connectivity index (χ4v) is 1.50. The molecular formula is C11H11N3O3. The Morgan fingerprint density at radius 3 is 2.88 bits per heavy atom. The minimum Gasteiger partial charge on any atom is -0.444 e. The van der Waals surface area contributed by atoms with Gasteiger partial charge in [-0.15, -0.1) is 0 Å². The van der Waals surface area contributed by atoms with Gasteiger partial charge in [0, 0.05) is 12.6 Å². The van der Waals surface area contributed by atoms with Crippen molar-refractivity contribution in [2.24, 2.45) is 5.73 Å². The molecule has 1 heterocycles. The van der Waals surface area contributed by atoms with E-state index in [-0.39, 0.29) is 18.1 Å². The van der Waals surface area contributed by atoms with Crippen LogP contribution in [-0.2, 0) is 6.54 Å². The van der Waals surface area contributed by atoms with Crippen molar-refractivity contribution >= 4 is 5.69 Å². The normalized spacial score (nSPS) is 10.5. The molecule has 0 unspecified atom stereocenters. The Labute approximate surface area is 97.2 Å². The summed E-state index contributed by atoms with van der Waals surface area (Å²) >= 11 is 0. The second-order valence-corrected chi connectivity index (χ2v) is 3.63. The standard InChI is InChI=1S/C11H11N3O3/c1-7-2-3-10(14(15)16)9(4-7)11-13-8(5-12)6-17-11/h2-4,6H,5,12H2,1H3. The lowest BCUT2D eigenvalue weighted by Crippen LogP contribution is -1.96. The fourth-order valence-electron chi connectivity index (χ4n) is 1.50. The number of aromatic nitrogens is 1. The topological polar surface area (TPSA) is 95.2 Å². The Morgan fingerprint density at radius 2 is 2.29 bits per heavy atom. The van der Waals surface area contributed by atoms with Crippen molar-refractivity contribution in [2.45, 2.75) is 13.5 Å². The van der Waals surface area contributed by atoms with Crippen LogP contribution in [0.4, 0.5) is 5.69 Å². The lowest BCUT2D eigenvalue weighted by atomic mass is 10.1. The minimum atomic E-state index is -0.457. The maximum Gasteiger partial charge on any atom is 0.282 e. The molecule has 2 rings (SSSR count). The van der Waals surface area contributed by atoms with Crippen LogP contribution in [0.3, 0.4) is 0 Å². The third-order valence-corrected chi connectivity index (χ3v) is 2.34. The molecule has 0 aliphatic heterocycles. The first kappa shape index (κ1) is 11.3. The van der Waals surface area contributed by atoms with Crippen molar-refractivity contribution in [3.8, 4) is 11.5 Å². The smallest absolute Gasteiger partial charge is 0.282 e. The molecule has 0 atom stereocenters. The zero-order valence-corrected chi connectivity index (χ0v) is 9.21. The Balaban J connectivity index is 2.56. The van der Waals surface area contributed by atoms with Crippen molar-refractivity contribution in [1.82, 2.24) is 4.98 Å². The number of hydrogen-bond donors (Lipinski definition) is 1. The van der Waals surface area contributed by atoms with E-state index < -0.39 is 4.92 Å². The molecule has 1 aromatic heterocycles. The maximum absolute atomic E-state index is 10.9. The third kappa shape index (κ3) is 2.16.